The SMILES string of the molecule is CCOC(=O)CCc1c(C(C)C)n(-c2ccc(F)c(C)c2)c2cc(F)c(OC)cc12. The average molecular weight is 415 g/mol. The summed E-state index contributed by atoms with van der Waals surface area (Å²) in [6.07, 6.45) is 0.666. The number of carbonyl (C=O) groups excluding carboxylic acids is 1. The maximum atomic E-state index is 14.6. The molecular weight excluding hydrogens is 388 g/mol. The van der Waals surface area contributed by atoms with Gasteiger partial charge in [0.25, 0.3) is 0 Å². The van der Waals surface area contributed by atoms with Crippen molar-refractivity contribution in [3.63, 3.8) is 0 Å². The van der Waals surface area contributed by atoms with Gasteiger partial charge in [-0.25, -0.2) is 8.78 Å². The van der Waals surface area contributed by atoms with Gasteiger partial charge in [-0.05, 0) is 61.6 Å². The van der Waals surface area contributed by atoms with E-state index >= 15 is 0 Å². The third kappa shape index (κ3) is 4.04. The molecule has 3 rings (SSSR count). The maximum absolute atomic E-state index is 14.6. The molecule has 0 fully saturated rings. The highest BCUT2D eigenvalue weighted by atomic mass is 19.1. The van der Waals surface area contributed by atoms with Crippen LogP contribution in [0.4, 0.5) is 8.78 Å². The number of hydrogen-bond acceptors (Lipinski definition) is 3. The highest BCUT2D eigenvalue weighted by Crippen LogP contribution is 2.38. The Bertz CT molecular complexity index is 1090. The smallest absolute Gasteiger partial charge is 0.306 e. The van der Waals surface area contributed by atoms with Gasteiger partial charge in [-0.15, -0.1) is 0 Å². The second-order valence-corrected chi connectivity index (χ2v) is 7.60. The summed E-state index contributed by atoms with van der Waals surface area (Å²) >= 11 is 0. The van der Waals surface area contributed by atoms with Gasteiger partial charge in [0.1, 0.15) is 5.82 Å². The number of aromatic nitrogens is 1. The van der Waals surface area contributed by atoms with Crippen LogP contribution >= 0.6 is 0 Å². The number of methoxy groups -OCH3 is 1. The molecule has 1 heterocycles. The first-order valence-electron chi connectivity index (χ1n) is 10.1. The lowest BCUT2D eigenvalue weighted by atomic mass is 9.99. The third-order valence-corrected chi connectivity index (χ3v) is 5.22. The topological polar surface area (TPSA) is 40.5 Å². The van der Waals surface area contributed by atoms with E-state index in [2.05, 4.69) is 0 Å². The predicted octanol–water partition coefficient (Wildman–Crippen LogP) is 5.84. The van der Waals surface area contributed by atoms with Gasteiger partial charge in [0.05, 0.1) is 19.2 Å². The zero-order valence-electron chi connectivity index (χ0n) is 18.0. The molecule has 6 heteroatoms. The predicted molar refractivity (Wildman–Crippen MR) is 114 cm³/mol. The number of carbonyl (C=O) groups is 1. The molecule has 0 atom stereocenters. The Balaban J connectivity index is 2.30. The molecule has 0 saturated carbocycles. The van der Waals surface area contributed by atoms with Gasteiger partial charge < -0.3 is 14.0 Å². The molecule has 0 unspecified atom stereocenters. The number of esters is 1. The van der Waals surface area contributed by atoms with Crippen LogP contribution in [0.2, 0.25) is 0 Å². The molecule has 2 aromatic carbocycles. The summed E-state index contributed by atoms with van der Waals surface area (Å²) in [7, 11) is 1.42. The highest BCUT2D eigenvalue weighted by Gasteiger charge is 2.23. The fraction of sp³-hybridized carbons (Fsp3) is 0.375. The monoisotopic (exact) mass is 415 g/mol. The summed E-state index contributed by atoms with van der Waals surface area (Å²) < 4.78 is 40.8. The lowest BCUT2D eigenvalue weighted by Gasteiger charge is -2.16. The second-order valence-electron chi connectivity index (χ2n) is 7.60. The lowest BCUT2D eigenvalue weighted by molar-refractivity contribution is -0.143. The first-order chi connectivity index (χ1) is 14.3. The number of benzene rings is 2. The molecule has 0 aliphatic heterocycles. The van der Waals surface area contributed by atoms with E-state index in [1.165, 1.54) is 19.2 Å². The van der Waals surface area contributed by atoms with Crippen molar-refractivity contribution >= 4 is 16.9 Å². The molecule has 0 spiro atoms. The Hall–Kier alpha value is -2.89. The van der Waals surface area contributed by atoms with Gasteiger partial charge in [0.2, 0.25) is 0 Å². The van der Waals surface area contributed by atoms with Crippen LogP contribution in [-0.2, 0) is 16.0 Å². The zero-order valence-corrected chi connectivity index (χ0v) is 18.0. The summed E-state index contributed by atoms with van der Waals surface area (Å²) in [4.78, 5) is 12.0. The van der Waals surface area contributed by atoms with Crippen molar-refractivity contribution in [2.24, 2.45) is 0 Å². The van der Waals surface area contributed by atoms with Crippen molar-refractivity contribution in [3.05, 3.63) is 58.8 Å². The molecule has 0 aliphatic carbocycles. The number of nitrogens with zero attached hydrogens (tertiary/aromatic N) is 1. The standard InChI is InChI=1S/C24H27F2NO3/c1-6-30-23(28)10-8-17-18-12-22(29-5)20(26)13-21(18)27(24(17)14(2)3)16-7-9-19(25)15(4)11-16/h7,9,11-14H,6,8,10H2,1-5H3. The average Bonchev–Trinajstić information content (AvgIpc) is 3.01. The highest BCUT2D eigenvalue weighted by molar-refractivity contribution is 5.89. The largest absolute Gasteiger partial charge is 0.494 e. The molecule has 4 nitrogen and oxygen atoms in total. The van der Waals surface area contributed by atoms with Gasteiger partial charge in [-0.1, -0.05) is 13.8 Å². The fourth-order valence-electron chi connectivity index (χ4n) is 3.90. The Morgan fingerprint density at radius 2 is 1.87 bits per heavy atom. The zero-order chi connectivity index (χ0) is 22.0. The van der Waals surface area contributed by atoms with Crippen molar-refractivity contribution in [2.75, 3.05) is 13.7 Å². The molecule has 0 N–H and O–H groups in total. The van der Waals surface area contributed by atoms with Crippen LogP contribution in [0.25, 0.3) is 16.6 Å². The Kier molecular flexibility index (Phi) is 6.44. The van der Waals surface area contributed by atoms with Gasteiger partial charge in [-0.3, -0.25) is 4.79 Å². The van der Waals surface area contributed by atoms with E-state index in [9.17, 15) is 13.6 Å². The first kappa shape index (κ1) is 21.8. The quantitative estimate of drug-likeness (QED) is 0.455. The van der Waals surface area contributed by atoms with Gasteiger partial charge in [0.15, 0.2) is 11.6 Å². The van der Waals surface area contributed by atoms with Crippen molar-refractivity contribution < 1.29 is 23.0 Å². The van der Waals surface area contributed by atoms with E-state index in [1.807, 2.05) is 18.4 Å². The summed E-state index contributed by atoms with van der Waals surface area (Å²) in [6.45, 7) is 7.88. The molecule has 0 amide bonds. The Morgan fingerprint density at radius 3 is 2.47 bits per heavy atom. The molecule has 0 saturated heterocycles. The van der Waals surface area contributed by atoms with E-state index < -0.39 is 5.82 Å². The van der Waals surface area contributed by atoms with Crippen molar-refractivity contribution in [3.8, 4) is 11.4 Å². The molecule has 160 valence electrons. The van der Waals surface area contributed by atoms with Crippen molar-refractivity contribution in [1.29, 1.82) is 0 Å². The number of rotatable bonds is 7. The van der Waals surface area contributed by atoms with Gasteiger partial charge in [0, 0.05) is 29.3 Å². The summed E-state index contributed by atoms with van der Waals surface area (Å²) in [5.41, 5.74) is 3.80. The van der Waals surface area contributed by atoms with Crippen LogP contribution in [0, 0.1) is 18.6 Å². The first-order valence-corrected chi connectivity index (χ1v) is 10.1. The summed E-state index contributed by atoms with van der Waals surface area (Å²) in [5, 5.41) is 0.809. The minimum Gasteiger partial charge on any atom is -0.494 e. The van der Waals surface area contributed by atoms with Crippen LogP contribution < -0.4 is 4.74 Å². The summed E-state index contributed by atoms with van der Waals surface area (Å²) in [6, 6.07) is 7.96. The van der Waals surface area contributed by atoms with Crippen molar-refractivity contribution in [1.82, 2.24) is 4.57 Å². The molecule has 3 aromatic rings. The molecule has 0 bridgehead atoms. The minimum atomic E-state index is -0.477. The Labute approximate surface area is 175 Å². The summed E-state index contributed by atoms with van der Waals surface area (Å²) in [5.74, 6) is -0.831. The van der Waals surface area contributed by atoms with Crippen LogP contribution in [0.5, 0.6) is 5.75 Å². The molecule has 1 aromatic heterocycles. The minimum absolute atomic E-state index is 0.0778. The van der Waals surface area contributed by atoms with E-state index in [0.29, 0.717) is 24.1 Å². The molecule has 0 radical (unpaired) electrons. The number of halogens is 2. The van der Waals surface area contributed by atoms with E-state index in [4.69, 9.17) is 9.47 Å². The van der Waals surface area contributed by atoms with Crippen LogP contribution in [-0.4, -0.2) is 24.3 Å². The van der Waals surface area contributed by atoms with E-state index in [0.717, 1.165) is 22.3 Å². The van der Waals surface area contributed by atoms with E-state index in [-0.39, 0.29) is 29.9 Å². The lowest BCUT2D eigenvalue weighted by Crippen LogP contribution is -2.08. The second kappa shape index (κ2) is 8.86. The number of ether oxygens (including phenoxy) is 2. The maximum Gasteiger partial charge on any atom is 0.306 e. The van der Waals surface area contributed by atoms with Crippen LogP contribution in [0.1, 0.15) is 49.9 Å². The number of aryl methyl sites for hydroxylation is 2. The normalized spacial score (nSPS) is 11.3. The Morgan fingerprint density at radius 1 is 1.13 bits per heavy atom. The fourth-order valence-corrected chi connectivity index (χ4v) is 3.90. The molecule has 0 aliphatic rings. The van der Waals surface area contributed by atoms with Crippen LogP contribution in [0.3, 0.4) is 0 Å². The van der Waals surface area contributed by atoms with Gasteiger partial charge >= 0.3 is 5.97 Å². The van der Waals surface area contributed by atoms with Crippen LogP contribution in [0.15, 0.2) is 30.3 Å². The molecular formula is C24H27F2NO3. The van der Waals surface area contributed by atoms with Crippen molar-refractivity contribution in [2.45, 2.75) is 46.5 Å². The van der Waals surface area contributed by atoms with E-state index in [1.54, 1.807) is 32.0 Å². The third-order valence-electron chi connectivity index (χ3n) is 5.22. The number of fused-ring (bicyclic) bond motifs is 1. The molecule has 30 heavy (non-hydrogen) atoms. The number of hydrogen-bond donors (Lipinski definition) is 0. The van der Waals surface area contributed by atoms with Gasteiger partial charge in [-0.2, -0.15) is 0 Å².